The summed E-state index contributed by atoms with van der Waals surface area (Å²) in [5, 5.41) is 20.9. The quantitative estimate of drug-likeness (QED) is 0.361. The molecule has 0 aromatic carbocycles. The van der Waals surface area contributed by atoms with Crippen LogP contribution in [0.1, 0.15) is 118 Å². The number of rotatable bonds is 12. The molecule has 2 aliphatic rings. The molecular formula is C25H45NO5. The van der Waals surface area contributed by atoms with Crippen LogP contribution in [-0.2, 0) is 14.4 Å². The van der Waals surface area contributed by atoms with Crippen LogP contribution in [0, 0.1) is 11.8 Å². The minimum absolute atomic E-state index is 0.140. The zero-order chi connectivity index (χ0) is 23.1. The van der Waals surface area contributed by atoms with Gasteiger partial charge in [-0.2, -0.15) is 5.06 Å². The summed E-state index contributed by atoms with van der Waals surface area (Å²) >= 11 is 0. The van der Waals surface area contributed by atoms with Crippen molar-refractivity contribution in [1.82, 2.24) is 5.06 Å². The largest absolute Gasteiger partial charge is 0.481 e. The number of hydrogen-bond donors (Lipinski definition) is 2. The lowest BCUT2D eigenvalue weighted by molar-refractivity contribution is -0.315. The predicted molar refractivity (Wildman–Crippen MR) is 122 cm³/mol. The van der Waals surface area contributed by atoms with E-state index in [9.17, 15) is 14.7 Å². The van der Waals surface area contributed by atoms with E-state index in [-0.39, 0.29) is 29.3 Å². The van der Waals surface area contributed by atoms with E-state index in [4.69, 9.17) is 9.94 Å². The van der Waals surface area contributed by atoms with E-state index in [0.29, 0.717) is 18.9 Å². The number of carbonyl (C=O) groups is 2. The van der Waals surface area contributed by atoms with E-state index in [0.717, 1.165) is 51.4 Å². The fraction of sp³-hybridized carbons (Fsp3) is 0.920. The minimum Gasteiger partial charge on any atom is -0.481 e. The number of carboxylic acid groups (broad SMARTS) is 2. The van der Waals surface area contributed by atoms with Gasteiger partial charge in [-0.25, -0.2) is 0 Å². The molecule has 31 heavy (non-hydrogen) atoms. The number of unbranched alkanes of at least 4 members (excludes halogenated alkanes) is 4. The molecule has 1 aliphatic heterocycles. The van der Waals surface area contributed by atoms with E-state index >= 15 is 0 Å². The third-order valence-corrected chi connectivity index (χ3v) is 7.22. The van der Waals surface area contributed by atoms with Crippen LogP contribution in [0.25, 0.3) is 0 Å². The molecule has 1 saturated carbocycles. The average Bonchev–Trinajstić information content (AvgIpc) is 2.66. The van der Waals surface area contributed by atoms with E-state index < -0.39 is 11.9 Å². The second kappa shape index (κ2) is 11.6. The van der Waals surface area contributed by atoms with Crippen LogP contribution in [0.5, 0.6) is 0 Å². The van der Waals surface area contributed by atoms with Crippen molar-refractivity contribution in [3.63, 3.8) is 0 Å². The monoisotopic (exact) mass is 439 g/mol. The Labute approximate surface area is 188 Å². The first-order chi connectivity index (χ1) is 14.5. The van der Waals surface area contributed by atoms with E-state index in [1.54, 1.807) is 0 Å². The highest BCUT2D eigenvalue weighted by Gasteiger charge is 2.50. The number of nitrogens with zero attached hydrogens (tertiary/aromatic N) is 1. The second-order valence-electron chi connectivity index (χ2n) is 11.1. The second-order valence-corrected chi connectivity index (χ2v) is 11.1. The summed E-state index contributed by atoms with van der Waals surface area (Å²) in [7, 11) is 0. The van der Waals surface area contributed by atoms with Gasteiger partial charge in [0.1, 0.15) is 0 Å². The summed E-state index contributed by atoms with van der Waals surface area (Å²) in [6.07, 6.45) is 13.4. The molecule has 2 N–H and O–H groups in total. The van der Waals surface area contributed by atoms with Gasteiger partial charge in [-0.05, 0) is 72.1 Å². The minimum atomic E-state index is -0.741. The highest BCUT2D eigenvalue weighted by molar-refractivity contribution is 5.70. The van der Waals surface area contributed by atoms with E-state index in [1.807, 2.05) is 0 Å². The van der Waals surface area contributed by atoms with Gasteiger partial charge in [-0.1, -0.05) is 44.9 Å². The molecule has 1 saturated heterocycles. The smallest absolute Gasteiger partial charge is 0.306 e. The third-order valence-electron chi connectivity index (χ3n) is 7.22. The summed E-state index contributed by atoms with van der Waals surface area (Å²) in [6.45, 7) is 8.80. The Kier molecular flexibility index (Phi) is 9.81. The third kappa shape index (κ3) is 8.05. The highest BCUT2D eigenvalue weighted by Crippen LogP contribution is 2.46. The summed E-state index contributed by atoms with van der Waals surface area (Å²) < 4.78 is 0. The van der Waals surface area contributed by atoms with Gasteiger partial charge in [-0.15, -0.1) is 0 Å². The van der Waals surface area contributed by atoms with Crippen molar-refractivity contribution in [2.24, 2.45) is 11.8 Å². The Balaban J connectivity index is 1.91. The SMILES string of the molecule is CC1(C)CC(C(CCCCCCCC(=O)O)C(=O)O)CC(C)(C)N1OC1CCCCC1. The first kappa shape index (κ1) is 26.1. The number of piperidine rings is 1. The Morgan fingerprint density at radius 1 is 0.903 bits per heavy atom. The lowest BCUT2D eigenvalue weighted by Gasteiger charge is -2.55. The van der Waals surface area contributed by atoms with Crippen LogP contribution >= 0.6 is 0 Å². The van der Waals surface area contributed by atoms with Crippen LogP contribution in [0.3, 0.4) is 0 Å². The molecule has 0 radical (unpaired) electrons. The molecule has 1 unspecified atom stereocenters. The normalized spacial score (nSPS) is 23.5. The zero-order valence-corrected chi connectivity index (χ0v) is 20.2. The van der Waals surface area contributed by atoms with Crippen molar-refractivity contribution in [1.29, 1.82) is 0 Å². The molecular weight excluding hydrogens is 394 g/mol. The van der Waals surface area contributed by atoms with Crippen molar-refractivity contribution in [2.45, 2.75) is 135 Å². The highest BCUT2D eigenvalue weighted by atomic mass is 16.7. The van der Waals surface area contributed by atoms with Crippen LogP contribution in [0.4, 0.5) is 0 Å². The van der Waals surface area contributed by atoms with Crippen LogP contribution in [-0.4, -0.2) is 44.4 Å². The van der Waals surface area contributed by atoms with Gasteiger partial charge >= 0.3 is 11.9 Å². The first-order valence-electron chi connectivity index (χ1n) is 12.4. The molecule has 2 fully saturated rings. The standard InChI is InChI=1S/C25H45NO5/c1-24(2)17-19(18-25(3,4)26(24)31-20-13-9-8-10-14-20)21(23(29)30)15-11-6-5-7-12-16-22(27)28/h19-21H,5-18H2,1-4H3,(H,27,28)(H,29,30). The van der Waals surface area contributed by atoms with Gasteiger partial charge in [0.2, 0.25) is 0 Å². The molecule has 0 amide bonds. The number of carboxylic acids is 2. The number of hydroxylamine groups is 2. The molecule has 6 heteroatoms. The summed E-state index contributed by atoms with van der Waals surface area (Å²) in [5.41, 5.74) is -0.400. The summed E-state index contributed by atoms with van der Waals surface area (Å²) in [5.74, 6) is -1.60. The Morgan fingerprint density at radius 2 is 1.45 bits per heavy atom. The van der Waals surface area contributed by atoms with Gasteiger partial charge in [0.15, 0.2) is 0 Å². The van der Waals surface area contributed by atoms with Gasteiger partial charge in [0.05, 0.1) is 12.0 Å². The molecule has 6 nitrogen and oxygen atoms in total. The molecule has 2 rings (SSSR count). The molecule has 0 spiro atoms. The predicted octanol–water partition coefficient (Wildman–Crippen LogP) is 6.04. The lowest BCUT2D eigenvalue weighted by Crippen LogP contribution is -2.62. The molecule has 0 bridgehead atoms. The lowest BCUT2D eigenvalue weighted by atomic mass is 9.69. The molecule has 1 aliphatic carbocycles. The molecule has 0 aromatic heterocycles. The Bertz CT molecular complexity index is 564. The fourth-order valence-electron chi connectivity index (χ4n) is 5.96. The van der Waals surface area contributed by atoms with Gasteiger partial charge < -0.3 is 10.2 Å². The van der Waals surface area contributed by atoms with Crippen molar-refractivity contribution in [3.05, 3.63) is 0 Å². The van der Waals surface area contributed by atoms with Crippen molar-refractivity contribution in [2.75, 3.05) is 0 Å². The molecule has 180 valence electrons. The Morgan fingerprint density at radius 3 is 2.00 bits per heavy atom. The van der Waals surface area contributed by atoms with E-state index in [1.165, 1.54) is 19.3 Å². The van der Waals surface area contributed by atoms with Crippen LogP contribution in [0.15, 0.2) is 0 Å². The van der Waals surface area contributed by atoms with Gasteiger partial charge in [-0.3, -0.25) is 14.4 Å². The summed E-state index contributed by atoms with van der Waals surface area (Å²) in [6, 6.07) is 0. The van der Waals surface area contributed by atoms with E-state index in [2.05, 4.69) is 32.8 Å². The zero-order valence-electron chi connectivity index (χ0n) is 20.2. The van der Waals surface area contributed by atoms with Crippen molar-refractivity contribution in [3.8, 4) is 0 Å². The van der Waals surface area contributed by atoms with Crippen molar-refractivity contribution >= 4 is 11.9 Å². The number of hydrogen-bond acceptors (Lipinski definition) is 4. The average molecular weight is 440 g/mol. The topological polar surface area (TPSA) is 87.1 Å². The molecule has 0 aromatic rings. The molecule has 1 heterocycles. The summed E-state index contributed by atoms with van der Waals surface area (Å²) in [4.78, 5) is 29.3. The first-order valence-corrected chi connectivity index (χ1v) is 12.4. The maximum Gasteiger partial charge on any atom is 0.306 e. The Hall–Kier alpha value is -1.14. The van der Waals surface area contributed by atoms with Gasteiger partial charge in [0.25, 0.3) is 0 Å². The maximum absolute atomic E-state index is 12.2. The number of aliphatic carboxylic acids is 2. The maximum atomic E-state index is 12.2. The van der Waals surface area contributed by atoms with Crippen LogP contribution < -0.4 is 0 Å². The molecule has 1 atom stereocenters. The van der Waals surface area contributed by atoms with Gasteiger partial charge in [0, 0.05) is 17.5 Å². The fourth-order valence-corrected chi connectivity index (χ4v) is 5.96. The van der Waals surface area contributed by atoms with Crippen LogP contribution in [0.2, 0.25) is 0 Å². The van der Waals surface area contributed by atoms with Crippen molar-refractivity contribution < 1.29 is 24.6 Å².